The van der Waals surface area contributed by atoms with Crippen molar-refractivity contribution in [3.63, 3.8) is 0 Å². The monoisotopic (exact) mass is 521 g/mol. The summed E-state index contributed by atoms with van der Waals surface area (Å²) in [5, 5.41) is 11.7. The van der Waals surface area contributed by atoms with Crippen molar-refractivity contribution in [3.05, 3.63) is 71.4 Å². The highest BCUT2D eigenvalue weighted by molar-refractivity contribution is 5.83. The van der Waals surface area contributed by atoms with Crippen LogP contribution in [0.3, 0.4) is 0 Å². The number of aliphatic hydroxyl groups is 1. The van der Waals surface area contributed by atoms with Crippen LogP contribution in [0.15, 0.2) is 54.7 Å². The van der Waals surface area contributed by atoms with Crippen molar-refractivity contribution in [3.8, 4) is 0 Å². The number of carbonyl (C=O) groups excluding carboxylic acids is 1. The number of hydrogen-bond acceptors (Lipinski definition) is 4. The fraction of sp³-hybridized carbons (Fsp3) is 0.531. The van der Waals surface area contributed by atoms with E-state index in [1.54, 1.807) is 0 Å². The van der Waals surface area contributed by atoms with E-state index in [1.807, 2.05) is 24.8 Å². The number of nitrogens with one attached hydrogen (secondary N) is 1. The number of aromatic amines is 1. The van der Waals surface area contributed by atoms with E-state index in [9.17, 15) is 9.90 Å². The van der Waals surface area contributed by atoms with E-state index >= 15 is 0 Å². The lowest BCUT2D eigenvalue weighted by atomic mass is 9.87. The molecular weight excluding hydrogens is 474 g/mol. The Morgan fingerprint density at radius 1 is 1.05 bits per heavy atom. The van der Waals surface area contributed by atoms with E-state index in [2.05, 4.69) is 86.2 Å². The normalized spacial score (nSPS) is 13.0. The maximum Gasteiger partial charge on any atom is 0.237 e. The number of carbonyl (C=O) groups is 1. The van der Waals surface area contributed by atoms with Gasteiger partial charge in [-0.25, -0.2) is 0 Å². The van der Waals surface area contributed by atoms with Gasteiger partial charge < -0.3 is 19.7 Å². The minimum absolute atomic E-state index is 0.0654. The molecule has 1 atom stereocenters. The van der Waals surface area contributed by atoms with E-state index in [4.69, 9.17) is 4.74 Å². The molecule has 0 spiro atoms. The molecule has 0 aliphatic rings. The first-order valence-corrected chi connectivity index (χ1v) is 14.0. The van der Waals surface area contributed by atoms with Gasteiger partial charge in [0.25, 0.3) is 0 Å². The highest BCUT2D eigenvalue weighted by Crippen LogP contribution is 2.23. The molecule has 38 heavy (non-hydrogen) atoms. The number of fused-ring (bicyclic) bond motifs is 1. The van der Waals surface area contributed by atoms with Gasteiger partial charge in [-0.2, -0.15) is 0 Å². The molecule has 0 aliphatic heterocycles. The molecular formula is C32H47N3O3. The Hall–Kier alpha value is -2.67. The summed E-state index contributed by atoms with van der Waals surface area (Å²) in [6.45, 7) is 15.6. The van der Waals surface area contributed by atoms with Crippen molar-refractivity contribution in [2.24, 2.45) is 0 Å². The molecule has 2 aromatic carbocycles. The van der Waals surface area contributed by atoms with Crippen LogP contribution in [0.2, 0.25) is 0 Å². The zero-order valence-electron chi connectivity index (χ0n) is 24.2. The van der Waals surface area contributed by atoms with Crippen LogP contribution in [-0.2, 0) is 27.9 Å². The molecule has 0 aliphatic carbocycles. The van der Waals surface area contributed by atoms with Crippen LogP contribution in [0.25, 0.3) is 10.9 Å². The van der Waals surface area contributed by atoms with Crippen molar-refractivity contribution < 1.29 is 14.6 Å². The molecule has 1 heterocycles. The highest BCUT2D eigenvalue weighted by atomic mass is 16.5. The van der Waals surface area contributed by atoms with Gasteiger partial charge in [0.05, 0.1) is 25.4 Å². The zero-order chi connectivity index (χ0) is 27.7. The lowest BCUT2D eigenvalue weighted by molar-refractivity contribution is -0.133. The van der Waals surface area contributed by atoms with Gasteiger partial charge in [-0.1, -0.05) is 70.2 Å². The smallest absolute Gasteiger partial charge is 0.237 e. The molecule has 0 fully saturated rings. The van der Waals surface area contributed by atoms with Crippen LogP contribution in [0.5, 0.6) is 0 Å². The number of nitrogens with zero attached hydrogens (tertiary/aromatic N) is 2. The summed E-state index contributed by atoms with van der Waals surface area (Å²) in [6.07, 6.45) is 3.18. The Bertz CT molecular complexity index is 1130. The predicted octanol–water partition coefficient (Wildman–Crippen LogP) is 5.53. The third-order valence-corrected chi connectivity index (χ3v) is 6.86. The summed E-state index contributed by atoms with van der Waals surface area (Å²) in [5.41, 5.74) is 4.82. The van der Waals surface area contributed by atoms with Crippen LogP contribution in [0.1, 0.15) is 64.7 Å². The SMILES string of the molecule is CCCN(CC(=O)N(CCc1c[nH]c2ccccc12)Cc1ccc(C(C)(C)C)cc1)C[C@H](O)COC(C)C. The van der Waals surface area contributed by atoms with E-state index in [0.29, 0.717) is 19.6 Å². The summed E-state index contributed by atoms with van der Waals surface area (Å²) in [6, 6.07) is 16.9. The van der Waals surface area contributed by atoms with Crippen LogP contribution in [-0.4, -0.2) is 70.8 Å². The van der Waals surface area contributed by atoms with Crippen LogP contribution in [0, 0.1) is 0 Å². The summed E-state index contributed by atoms with van der Waals surface area (Å²) in [4.78, 5) is 21.1. The number of para-hydroxylation sites is 1. The second-order valence-electron chi connectivity index (χ2n) is 11.6. The van der Waals surface area contributed by atoms with Gasteiger partial charge >= 0.3 is 0 Å². The average molecular weight is 522 g/mol. The molecule has 6 nitrogen and oxygen atoms in total. The van der Waals surface area contributed by atoms with Gasteiger partial charge in [0.1, 0.15) is 0 Å². The Morgan fingerprint density at radius 3 is 2.42 bits per heavy atom. The zero-order valence-corrected chi connectivity index (χ0v) is 24.2. The first kappa shape index (κ1) is 29.9. The van der Waals surface area contributed by atoms with Crippen LogP contribution in [0.4, 0.5) is 0 Å². The lowest BCUT2D eigenvalue weighted by Gasteiger charge is -2.29. The highest BCUT2D eigenvalue weighted by Gasteiger charge is 2.21. The number of hydrogen-bond donors (Lipinski definition) is 2. The van der Waals surface area contributed by atoms with Gasteiger partial charge in [-0.3, -0.25) is 9.69 Å². The number of rotatable bonds is 14. The van der Waals surface area contributed by atoms with Crippen molar-refractivity contribution in [2.75, 3.05) is 32.8 Å². The number of benzene rings is 2. The fourth-order valence-electron chi connectivity index (χ4n) is 4.71. The number of aromatic nitrogens is 1. The predicted molar refractivity (Wildman–Crippen MR) is 156 cm³/mol. The number of amides is 1. The number of H-pyrrole nitrogens is 1. The first-order valence-electron chi connectivity index (χ1n) is 14.0. The second-order valence-corrected chi connectivity index (χ2v) is 11.6. The number of ether oxygens (including phenoxy) is 1. The minimum Gasteiger partial charge on any atom is -0.389 e. The molecule has 0 saturated carbocycles. The summed E-state index contributed by atoms with van der Waals surface area (Å²) < 4.78 is 5.59. The van der Waals surface area contributed by atoms with Gasteiger partial charge in [0.2, 0.25) is 5.91 Å². The Balaban J connectivity index is 1.74. The quantitative estimate of drug-likeness (QED) is 0.293. The van der Waals surface area contributed by atoms with E-state index in [0.717, 1.165) is 30.5 Å². The van der Waals surface area contributed by atoms with Crippen LogP contribution >= 0.6 is 0 Å². The molecule has 0 radical (unpaired) electrons. The van der Waals surface area contributed by atoms with Gasteiger partial charge in [0, 0.05) is 36.7 Å². The Labute approximate surface area is 229 Å². The van der Waals surface area contributed by atoms with Gasteiger partial charge in [-0.15, -0.1) is 0 Å². The van der Waals surface area contributed by atoms with E-state index in [1.165, 1.54) is 16.5 Å². The topological polar surface area (TPSA) is 68.8 Å². The van der Waals surface area contributed by atoms with Gasteiger partial charge in [0.15, 0.2) is 0 Å². The van der Waals surface area contributed by atoms with Crippen molar-refractivity contribution >= 4 is 16.8 Å². The standard InChI is InChI=1S/C32H47N3O3/c1-7-17-34(21-28(36)23-38-24(2)3)22-31(37)35(20-25-12-14-27(15-13-25)32(4,5)6)18-16-26-19-33-30-11-9-8-10-29(26)30/h8-15,19,24,28,33,36H,7,16-18,20-23H2,1-6H3/t28-/m0/s1. The molecule has 0 unspecified atom stereocenters. The fourth-order valence-corrected chi connectivity index (χ4v) is 4.71. The summed E-state index contributed by atoms with van der Waals surface area (Å²) in [5.74, 6) is 0.0789. The average Bonchev–Trinajstić information content (AvgIpc) is 3.28. The lowest BCUT2D eigenvalue weighted by Crippen LogP contribution is -2.44. The van der Waals surface area contributed by atoms with E-state index < -0.39 is 6.10 Å². The van der Waals surface area contributed by atoms with Crippen molar-refractivity contribution in [1.82, 2.24) is 14.8 Å². The maximum absolute atomic E-state index is 13.7. The van der Waals surface area contributed by atoms with Crippen molar-refractivity contribution in [1.29, 1.82) is 0 Å². The molecule has 2 N–H and O–H groups in total. The molecule has 3 aromatic rings. The molecule has 0 saturated heterocycles. The van der Waals surface area contributed by atoms with E-state index in [-0.39, 0.29) is 30.6 Å². The first-order chi connectivity index (χ1) is 18.1. The molecule has 1 amide bonds. The Morgan fingerprint density at radius 2 is 1.76 bits per heavy atom. The third kappa shape index (κ3) is 8.97. The second kappa shape index (κ2) is 13.9. The number of aliphatic hydroxyl groups excluding tert-OH is 1. The molecule has 3 rings (SSSR count). The summed E-state index contributed by atoms with van der Waals surface area (Å²) >= 11 is 0. The maximum atomic E-state index is 13.7. The Kier molecular flexibility index (Phi) is 11.0. The molecule has 208 valence electrons. The molecule has 0 bridgehead atoms. The molecule has 6 heteroatoms. The largest absolute Gasteiger partial charge is 0.389 e. The van der Waals surface area contributed by atoms with Gasteiger partial charge in [-0.05, 0) is 61.4 Å². The summed E-state index contributed by atoms with van der Waals surface area (Å²) in [7, 11) is 0. The van der Waals surface area contributed by atoms with Crippen molar-refractivity contribution in [2.45, 2.75) is 78.6 Å². The molecule has 1 aromatic heterocycles. The minimum atomic E-state index is -0.624. The third-order valence-electron chi connectivity index (χ3n) is 6.86. The van der Waals surface area contributed by atoms with Crippen LogP contribution < -0.4 is 0 Å².